The normalized spacial score (nSPS) is 15.1. The molecular formula is C19H23NO. The Morgan fingerprint density at radius 1 is 1.14 bits per heavy atom. The highest BCUT2D eigenvalue weighted by molar-refractivity contribution is 5.59. The predicted octanol–water partition coefficient (Wildman–Crippen LogP) is 3.71. The average molecular weight is 281 g/mol. The number of anilines is 1. The molecule has 1 aliphatic heterocycles. The molecule has 2 aromatic rings. The zero-order valence-corrected chi connectivity index (χ0v) is 12.8. The van der Waals surface area contributed by atoms with Crippen LogP contribution in [0.1, 0.15) is 41.7 Å². The fourth-order valence-corrected chi connectivity index (χ4v) is 3.16. The largest absolute Gasteiger partial charge is 0.384 e. The first-order valence-electron chi connectivity index (χ1n) is 7.80. The van der Waals surface area contributed by atoms with Crippen molar-refractivity contribution in [3.05, 3.63) is 64.7 Å². The number of aliphatic hydroxyl groups is 1. The molecule has 0 saturated carbocycles. The molecule has 0 saturated heterocycles. The maximum atomic E-state index is 10.7. The quantitative estimate of drug-likeness (QED) is 0.923. The number of hydrogen-bond acceptors (Lipinski definition) is 2. The molecule has 0 fully saturated rings. The summed E-state index contributed by atoms with van der Waals surface area (Å²) in [5.41, 5.74) is 5.93. The molecule has 0 spiro atoms. The van der Waals surface area contributed by atoms with E-state index in [0.29, 0.717) is 0 Å². The fourth-order valence-electron chi connectivity index (χ4n) is 3.16. The van der Waals surface area contributed by atoms with Gasteiger partial charge < -0.3 is 10.0 Å². The van der Waals surface area contributed by atoms with Gasteiger partial charge in [-0.3, -0.25) is 0 Å². The Balaban J connectivity index is 1.88. The van der Waals surface area contributed by atoms with Gasteiger partial charge in [0.2, 0.25) is 0 Å². The van der Waals surface area contributed by atoms with Crippen LogP contribution in [0.3, 0.4) is 0 Å². The van der Waals surface area contributed by atoms with Crippen LogP contribution >= 0.6 is 0 Å². The number of aryl methyl sites for hydroxylation is 1. The Morgan fingerprint density at radius 3 is 2.76 bits per heavy atom. The van der Waals surface area contributed by atoms with Crippen LogP contribution in [0.2, 0.25) is 0 Å². The van der Waals surface area contributed by atoms with Gasteiger partial charge in [-0.05, 0) is 41.2 Å². The van der Waals surface area contributed by atoms with Crippen LogP contribution in [-0.4, -0.2) is 18.7 Å². The van der Waals surface area contributed by atoms with E-state index in [9.17, 15) is 5.11 Å². The van der Waals surface area contributed by atoms with Gasteiger partial charge in [-0.2, -0.15) is 0 Å². The second-order valence-electron chi connectivity index (χ2n) is 5.96. The van der Waals surface area contributed by atoms with Gasteiger partial charge in [0, 0.05) is 19.3 Å². The van der Waals surface area contributed by atoms with Crippen molar-refractivity contribution >= 4 is 5.69 Å². The van der Waals surface area contributed by atoms with Gasteiger partial charge in [0.05, 0.1) is 0 Å². The molecule has 1 heterocycles. The standard InChI is InChI=1S/C19H23NO/c1-3-5-14-6-4-7-16(12-14)19(21)17-8-9-18-15(13-17)10-11-20(18)2/h4,6-9,12-13,19,21H,3,5,10-11H2,1-2H3. The molecule has 0 amide bonds. The Hall–Kier alpha value is -1.80. The molecule has 21 heavy (non-hydrogen) atoms. The van der Waals surface area contributed by atoms with Crippen LogP contribution in [0.15, 0.2) is 42.5 Å². The third-order valence-electron chi connectivity index (χ3n) is 4.35. The molecule has 1 aliphatic rings. The summed E-state index contributed by atoms with van der Waals surface area (Å²) in [5.74, 6) is 0. The zero-order valence-electron chi connectivity index (χ0n) is 12.8. The fraction of sp³-hybridized carbons (Fsp3) is 0.368. The van der Waals surface area contributed by atoms with Crippen LogP contribution in [0, 0.1) is 0 Å². The van der Waals surface area contributed by atoms with Gasteiger partial charge >= 0.3 is 0 Å². The number of fused-ring (bicyclic) bond motifs is 1. The van der Waals surface area contributed by atoms with Crippen molar-refractivity contribution in [2.24, 2.45) is 0 Å². The minimum Gasteiger partial charge on any atom is -0.384 e. The van der Waals surface area contributed by atoms with E-state index in [1.807, 2.05) is 12.1 Å². The zero-order chi connectivity index (χ0) is 14.8. The van der Waals surface area contributed by atoms with Gasteiger partial charge in [0.25, 0.3) is 0 Å². The van der Waals surface area contributed by atoms with E-state index in [0.717, 1.165) is 36.9 Å². The lowest BCUT2D eigenvalue weighted by Crippen LogP contribution is -2.12. The molecule has 0 aliphatic carbocycles. The van der Waals surface area contributed by atoms with E-state index in [-0.39, 0.29) is 0 Å². The first kappa shape index (κ1) is 14.2. The number of likely N-dealkylation sites (N-methyl/N-ethyl adjacent to an activating group) is 1. The van der Waals surface area contributed by atoms with Crippen molar-refractivity contribution < 1.29 is 5.11 Å². The van der Waals surface area contributed by atoms with E-state index in [4.69, 9.17) is 0 Å². The van der Waals surface area contributed by atoms with E-state index in [1.54, 1.807) is 0 Å². The molecule has 0 radical (unpaired) electrons. The molecule has 1 unspecified atom stereocenters. The van der Waals surface area contributed by atoms with Crippen molar-refractivity contribution in [1.29, 1.82) is 0 Å². The smallest absolute Gasteiger partial charge is 0.104 e. The van der Waals surface area contributed by atoms with Crippen LogP contribution in [-0.2, 0) is 12.8 Å². The lowest BCUT2D eigenvalue weighted by molar-refractivity contribution is 0.220. The van der Waals surface area contributed by atoms with Crippen molar-refractivity contribution in [2.45, 2.75) is 32.3 Å². The van der Waals surface area contributed by atoms with Crippen molar-refractivity contribution in [2.75, 3.05) is 18.5 Å². The summed E-state index contributed by atoms with van der Waals surface area (Å²) in [6.07, 6.45) is 2.74. The maximum Gasteiger partial charge on any atom is 0.104 e. The molecule has 3 rings (SSSR count). The number of rotatable bonds is 4. The summed E-state index contributed by atoms with van der Waals surface area (Å²) in [6.45, 7) is 3.25. The van der Waals surface area contributed by atoms with Gasteiger partial charge in [0.1, 0.15) is 6.10 Å². The summed E-state index contributed by atoms with van der Waals surface area (Å²) in [6, 6.07) is 14.7. The number of aliphatic hydroxyl groups excluding tert-OH is 1. The van der Waals surface area contributed by atoms with Gasteiger partial charge in [-0.1, -0.05) is 49.7 Å². The van der Waals surface area contributed by atoms with Gasteiger partial charge in [-0.15, -0.1) is 0 Å². The predicted molar refractivity (Wildman–Crippen MR) is 87.9 cm³/mol. The Labute approximate surface area is 127 Å². The Kier molecular flexibility index (Phi) is 3.98. The van der Waals surface area contributed by atoms with Crippen LogP contribution in [0.25, 0.3) is 0 Å². The molecule has 2 heteroatoms. The molecule has 2 nitrogen and oxygen atoms in total. The lowest BCUT2D eigenvalue weighted by atomic mass is 9.96. The van der Waals surface area contributed by atoms with E-state index >= 15 is 0 Å². The summed E-state index contributed by atoms with van der Waals surface area (Å²) in [4.78, 5) is 2.27. The molecule has 0 aromatic heterocycles. The summed E-state index contributed by atoms with van der Waals surface area (Å²) < 4.78 is 0. The highest BCUT2D eigenvalue weighted by Crippen LogP contribution is 2.31. The Morgan fingerprint density at radius 2 is 1.95 bits per heavy atom. The highest BCUT2D eigenvalue weighted by atomic mass is 16.3. The first-order chi connectivity index (χ1) is 10.2. The average Bonchev–Trinajstić information content (AvgIpc) is 2.88. The molecule has 1 atom stereocenters. The lowest BCUT2D eigenvalue weighted by Gasteiger charge is -2.16. The molecule has 110 valence electrons. The third-order valence-corrected chi connectivity index (χ3v) is 4.35. The molecule has 2 aromatic carbocycles. The van der Waals surface area contributed by atoms with Crippen molar-refractivity contribution in [3.8, 4) is 0 Å². The first-order valence-corrected chi connectivity index (χ1v) is 7.80. The van der Waals surface area contributed by atoms with E-state index in [2.05, 4.69) is 49.2 Å². The topological polar surface area (TPSA) is 23.5 Å². The number of hydrogen-bond donors (Lipinski definition) is 1. The van der Waals surface area contributed by atoms with Crippen LogP contribution in [0.4, 0.5) is 5.69 Å². The van der Waals surface area contributed by atoms with Crippen molar-refractivity contribution in [3.63, 3.8) is 0 Å². The molecular weight excluding hydrogens is 258 g/mol. The highest BCUT2D eigenvalue weighted by Gasteiger charge is 2.18. The minimum absolute atomic E-state index is 0.530. The molecule has 0 bridgehead atoms. The summed E-state index contributed by atoms with van der Waals surface area (Å²) in [7, 11) is 2.12. The second kappa shape index (κ2) is 5.90. The SMILES string of the molecule is CCCc1cccc(C(O)c2ccc3c(c2)CCN3C)c1. The third kappa shape index (κ3) is 2.81. The number of benzene rings is 2. The monoisotopic (exact) mass is 281 g/mol. The minimum atomic E-state index is -0.530. The van der Waals surface area contributed by atoms with Gasteiger partial charge in [-0.25, -0.2) is 0 Å². The van der Waals surface area contributed by atoms with Crippen LogP contribution in [0.5, 0.6) is 0 Å². The summed E-state index contributed by atoms with van der Waals surface area (Å²) >= 11 is 0. The second-order valence-corrected chi connectivity index (χ2v) is 5.96. The molecule has 1 N–H and O–H groups in total. The Bertz CT molecular complexity index is 635. The van der Waals surface area contributed by atoms with Crippen molar-refractivity contribution in [1.82, 2.24) is 0 Å². The van der Waals surface area contributed by atoms with Crippen LogP contribution < -0.4 is 4.90 Å². The van der Waals surface area contributed by atoms with Gasteiger partial charge in [0.15, 0.2) is 0 Å². The summed E-state index contributed by atoms with van der Waals surface area (Å²) in [5, 5.41) is 10.7. The number of nitrogens with zero attached hydrogens (tertiary/aromatic N) is 1. The van der Waals surface area contributed by atoms with E-state index < -0.39 is 6.10 Å². The maximum absolute atomic E-state index is 10.7. The van der Waals surface area contributed by atoms with E-state index in [1.165, 1.54) is 16.8 Å².